The molecule has 0 amide bonds. The molecule has 0 unspecified atom stereocenters. The van der Waals surface area contributed by atoms with Crippen LogP contribution in [0.25, 0.3) is 0 Å². The van der Waals surface area contributed by atoms with Gasteiger partial charge < -0.3 is 10.0 Å². The minimum atomic E-state index is 0.0190. The fourth-order valence-electron chi connectivity index (χ4n) is 3.03. The molecule has 1 fully saturated rings. The Balaban J connectivity index is 2.25. The molecule has 1 aromatic rings. The number of nitrogens with zero attached hydrogens (tertiary/aromatic N) is 1. The molecular formula is C16H23NOS. The summed E-state index contributed by atoms with van der Waals surface area (Å²) in [4.78, 5) is 3.32. The molecule has 0 spiro atoms. The van der Waals surface area contributed by atoms with E-state index in [1.807, 2.05) is 18.2 Å². The van der Waals surface area contributed by atoms with E-state index in [-0.39, 0.29) is 12.6 Å². The lowest BCUT2D eigenvalue weighted by Gasteiger charge is -2.43. The third kappa shape index (κ3) is 3.34. The van der Waals surface area contributed by atoms with Crippen LogP contribution in [0.3, 0.4) is 0 Å². The highest BCUT2D eigenvalue weighted by Crippen LogP contribution is 2.31. The molecule has 2 rings (SSSR count). The van der Waals surface area contributed by atoms with Crippen LogP contribution in [0, 0.1) is 0 Å². The van der Waals surface area contributed by atoms with E-state index in [1.54, 1.807) is 0 Å². The van der Waals surface area contributed by atoms with E-state index >= 15 is 0 Å². The number of thiocarbonyl (C=S) groups is 1. The molecule has 2 nitrogen and oxygen atoms in total. The van der Waals surface area contributed by atoms with E-state index < -0.39 is 0 Å². The predicted octanol–water partition coefficient (Wildman–Crippen LogP) is 3.70. The molecule has 2 atom stereocenters. The molecular weight excluding hydrogens is 254 g/mol. The first-order valence-corrected chi connectivity index (χ1v) is 7.65. The van der Waals surface area contributed by atoms with Gasteiger partial charge in [0, 0.05) is 6.04 Å². The zero-order valence-corrected chi connectivity index (χ0v) is 12.4. The summed E-state index contributed by atoms with van der Waals surface area (Å²) in [6, 6.07) is 10.7. The van der Waals surface area contributed by atoms with Crippen LogP contribution in [0.5, 0.6) is 0 Å². The van der Waals surface area contributed by atoms with Gasteiger partial charge in [-0.3, -0.25) is 0 Å². The Kier molecular flexibility index (Phi) is 5.34. The van der Waals surface area contributed by atoms with Crippen LogP contribution in [-0.4, -0.2) is 27.6 Å². The third-order valence-electron chi connectivity index (χ3n) is 3.92. The molecule has 1 aliphatic rings. The van der Waals surface area contributed by atoms with E-state index in [0.29, 0.717) is 6.04 Å². The van der Waals surface area contributed by atoms with Gasteiger partial charge in [0.15, 0.2) is 0 Å². The summed E-state index contributed by atoms with van der Waals surface area (Å²) in [5.74, 6) is 0. The molecule has 1 heterocycles. The van der Waals surface area contributed by atoms with Gasteiger partial charge in [-0.1, -0.05) is 55.9 Å². The number of likely N-dealkylation sites (tertiary alicyclic amines) is 1. The molecule has 1 saturated heterocycles. The van der Waals surface area contributed by atoms with Crippen molar-refractivity contribution in [1.82, 2.24) is 4.90 Å². The largest absolute Gasteiger partial charge is 0.394 e. The van der Waals surface area contributed by atoms with Crippen molar-refractivity contribution in [3.8, 4) is 0 Å². The van der Waals surface area contributed by atoms with Crippen molar-refractivity contribution in [3.63, 3.8) is 0 Å². The van der Waals surface area contributed by atoms with Crippen molar-refractivity contribution in [3.05, 3.63) is 35.9 Å². The number of rotatable bonds is 5. The van der Waals surface area contributed by atoms with Gasteiger partial charge in [-0.15, -0.1) is 0 Å². The van der Waals surface area contributed by atoms with Crippen LogP contribution < -0.4 is 0 Å². The molecule has 0 aromatic heterocycles. The summed E-state index contributed by atoms with van der Waals surface area (Å²) in [5.41, 5.74) is 1.16. The van der Waals surface area contributed by atoms with Crippen LogP contribution in [0.2, 0.25) is 0 Å². The zero-order valence-electron chi connectivity index (χ0n) is 11.6. The van der Waals surface area contributed by atoms with E-state index in [1.165, 1.54) is 12.8 Å². The van der Waals surface area contributed by atoms with Crippen LogP contribution >= 0.6 is 12.2 Å². The number of hydrogen-bond donors (Lipinski definition) is 1. The summed E-state index contributed by atoms with van der Waals surface area (Å²) < 4.78 is 0. The normalized spacial score (nSPS) is 21.5. The standard InChI is InChI=1S/C16H23NOS/c1-2-7-14-10-6-11-16(19)17(14)15(12-18)13-8-4-3-5-9-13/h3-5,8-9,14-15,18H,2,6-7,10-12H2,1H3/t14-,15-/m0/s1. The Morgan fingerprint density at radius 1 is 1.37 bits per heavy atom. The van der Waals surface area contributed by atoms with Gasteiger partial charge >= 0.3 is 0 Å². The minimum absolute atomic E-state index is 0.0190. The fraction of sp³-hybridized carbons (Fsp3) is 0.562. The van der Waals surface area contributed by atoms with Crippen molar-refractivity contribution in [1.29, 1.82) is 0 Å². The van der Waals surface area contributed by atoms with Gasteiger partial charge in [-0.25, -0.2) is 0 Å². The zero-order chi connectivity index (χ0) is 13.7. The first kappa shape index (κ1) is 14.5. The Morgan fingerprint density at radius 3 is 2.74 bits per heavy atom. The minimum Gasteiger partial charge on any atom is -0.394 e. The molecule has 1 aliphatic heterocycles. The molecule has 19 heavy (non-hydrogen) atoms. The lowest BCUT2D eigenvalue weighted by atomic mass is 9.94. The number of hydrogen-bond acceptors (Lipinski definition) is 2. The number of benzene rings is 1. The topological polar surface area (TPSA) is 23.5 Å². The summed E-state index contributed by atoms with van der Waals surface area (Å²) in [6.07, 6.45) is 5.68. The average molecular weight is 277 g/mol. The van der Waals surface area contributed by atoms with Crippen LogP contribution in [-0.2, 0) is 0 Å². The van der Waals surface area contributed by atoms with E-state index in [2.05, 4.69) is 24.0 Å². The second kappa shape index (κ2) is 7.01. The van der Waals surface area contributed by atoms with Gasteiger partial charge in [-0.2, -0.15) is 0 Å². The van der Waals surface area contributed by atoms with Gasteiger partial charge in [0.25, 0.3) is 0 Å². The molecule has 1 aromatic carbocycles. The van der Waals surface area contributed by atoms with Gasteiger partial charge in [0.1, 0.15) is 0 Å². The number of aliphatic hydroxyl groups excluding tert-OH is 1. The maximum Gasteiger partial charge on any atom is 0.0787 e. The van der Waals surface area contributed by atoms with Gasteiger partial charge in [0.05, 0.1) is 17.6 Å². The highest BCUT2D eigenvalue weighted by molar-refractivity contribution is 7.80. The number of piperidine rings is 1. The molecule has 3 heteroatoms. The molecule has 0 bridgehead atoms. The van der Waals surface area contributed by atoms with Crippen molar-refractivity contribution >= 4 is 17.2 Å². The quantitative estimate of drug-likeness (QED) is 0.830. The highest BCUT2D eigenvalue weighted by Gasteiger charge is 2.31. The van der Waals surface area contributed by atoms with Gasteiger partial charge in [0.2, 0.25) is 0 Å². The predicted molar refractivity (Wildman–Crippen MR) is 83.3 cm³/mol. The van der Waals surface area contributed by atoms with Gasteiger partial charge in [-0.05, 0) is 31.2 Å². The Hall–Kier alpha value is -0.930. The number of aliphatic hydroxyl groups is 1. The second-order valence-electron chi connectivity index (χ2n) is 5.24. The van der Waals surface area contributed by atoms with Crippen LogP contribution in [0.15, 0.2) is 30.3 Å². The Labute approximate surface area is 121 Å². The van der Waals surface area contributed by atoms with Crippen molar-refractivity contribution in [2.75, 3.05) is 6.61 Å². The summed E-state index contributed by atoms with van der Waals surface area (Å²) >= 11 is 5.58. The SMILES string of the molecule is CCC[C@H]1CCCC(=S)N1[C@@H](CO)c1ccccc1. The monoisotopic (exact) mass is 277 g/mol. The lowest BCUT2D eigenvalue weighted by Crippen LogP contribution is -2.46. The lowest BCUT2D eigenvalue weighted by molar-refractivity contribution is 0.129. The average Bonchev–Trinajstić information content (AvgIpc) is 2.44. The first-order valence-electron chi connectivity index (χ1n) is 7.25. The summed E-state index contributed by atoms with van der Waals surface area (Å²) in [7, 11) is 0. The Bertz CT molecular complexity index is 404. The maximum absolute atomic E-state index is 9.83. The molecule has 0 saturated carbocycles. The molecule has 0 aliphatic carbocycles. The van der Waals surface area contributed by atoms with Crippen molar-refractivity contribution in [2.24, 2.45) is 0 Å². The maximum atomic E-state index is 9.83. The van der Waals surface area contributed by atoms with E-state index in [4.69, 9.17) is 12.2 Å². The highest BCUT2D eigenvalue weighted by atomic mass is 32.1. The van der Waals surface area contributed by atoms with Crippen molar-refractivity contribution < 1.29 is 5.11 Å². The van der Waals surface area contributed by atoms with E-state index in [0.717, 1.165) is 29.8 Å². The van der Waals surface area contributed by atoms with Crippen LogP contribution in [0.4, 0.5) is 0 Å². The Morgan fingerprint density at radius 2 is 2.11 bits per heavy atom. The third-order valence-corrected chi connectivity index (χ3v) is 4.34. The van der Waals surface area contributed by atoms with Crippen molar-refractivity contribution in [2.45, 2.75) is 51.1 Å². The van der Waals surface area contributed by atoms with E-state index in [9.17, 15) is 5.11 Å². The summed E-state index contributed by atoms with van der Waals surface area (Å²) in [6.45, 7) is 2.34. The molecule has 104 valence electrons. The molecule has 0 radical (unpaired) electrons. The second-order valence-corrected chi connectivity index (χ2v) is 5.72. The fourth-order valence-corrected chi connectivity index (χ4v) is 3.46. The molecule has 1 N–H and O–H groups in total. The van der Waals surface area contributed by atoms with Crippen LogP contribution in [0.1, 0.15) is 50.6 Å². The summed E-state index contributed by atoms with van der Waals surface area (Å²) in [5, 5.41) is 9.83. The smallest absolute Gasteiger partial charge is 0.0787 e. The first-order chi connectivity index (χ1) is 9.27.